The molecule has 4 heterocycles. The van der Waals surface area contributed by atoms with Gasteiger partial charge >= 0.3 is 6.18 Å². The summed E-state index contributed by atoms with van der Waals surface area (Å²) in [5.41, 5.74) is 1.80. The Balaban J connectivity index is 1.40. The molecule has 0 N–H and O–H groups in total. The van der Waals surface area contributed by atoms with E-state index in [9.17, 15) is 18.0 Å². The molecule has 38 heavy (non-hydrogen) atoms. The van der Waals surface area contributed by atoms with Crippen LogP contribution in [0.2, 0.25) is 0 Å². The molecule has 2 aliphatic heterocycles. The van der Waals surface area contributed by atoms with Gasteiger partial charge in [-0.1, -0.05) is 32.9 Å². The predicted octanol–water partition coefficient (Wildman–Crippen LogP) is 5.21. The summed E-state index contributed by atoms with van der Waals surface area (Å²) in [5.74, 6) is 1.61. The maximum Gasteiger partial charge on any atom is 0.433 e. The number of fused-ring (bicyclic) bond motifs is 1. The van der Waals surface area contributed by atoms with Crippen molar-refractivity contribution in [1.82, 2.24) is 24.6 Å². The average molecular weight is 527 g/mol. The summed E-state index contributed by atoms with van der Waals surface area (Å²) in [6, 6.07) is 8.47. The summed E-state index contributed by atoms with van der Waals surface area (Å²) in [4.78, 5) is 20.9. The van der Waals surface area contributed by atoms with Crippen LogP contribution in [0.15, 0.2) is 36.7 Å². The largest absolute Gasteiger partial charge is 0.433 e. The fraction of sp³-hybridized carbons (Fsp3) is 0.500. The van der Waals surface area contributed by atoms with E-state index in [1.165, 1.54) is 4.90 Å². The fourth-order valence-electron chi connectivity index (χ4n) is 5.82. The van der Waals surface area contributed by atoms with Crippen molar-refractivity contribution in [3.63, 3.8) is 0 Å². The second-order valence-electron chi connectivity index (χ2n) is 11.1. The highest BCUT2D eigenvalue weighted by Gasteiger charge is 2.36. The maximum absolute atomic E-state index is 13.8. The van der Waals surface area contributed by atoms with Crippen molar-refractivity contribution in [3.05, 3.63) is 70.4 Å². The van der Waals surface area contributed by atoms with Gasteiger partial charge in [0, 0.05) is 38.7 Å². The molecule has 0 unspecified atom stereocenters. The van der Waals surface area contributed by atoms with Gasteiger partial charge in [0.15, 0.2) is 0 Å². The molecule has 5 rings (SSSR count). The summed E-state index contributed by atoms with van der Waals surface area (Å²) in [6.07, 6.45) is -1.19. The number of pyridine rings is 1. The van der Waals surface area contributed by atoms with Gasteiger partial charge in [-0.3, -0.25) is 14.6 Å². The minimum absolute atomic E-state index is 0.0443. The van der Waals surface area contributed by atoms with E-state index in [1.54, 1.807) is 12.4 Å². The molecule has 0 bridgehead atoms. The van der Waals surface area contributed by atoms with Crippen LogP contribution in [0.25, 0.3) is 0 Å². The Labute approximate surface area is 220 Å². The Morgan fingerprint density at radius 3 is 2.50 bits per heavy atom. The number of halogens is 3. The smallest absolute Gasteiger partial charge is 0.321 e. The molecule has 1 aromatic carbocycles. The van der Waals surface area contributed by atoms with Crippen molar-refractivity contribution in [2.45, 2.75) is 58.8 Å². The van der Waals surface area contributed by atoms with Gasteiger partial charge in [0.05, 0.1) is 6.54 Å². The van der Waals surface area contributed by atoms with Gasteiger partial charge in [-0.05, 0) is 59.1 Å². The van der Waals surface area contributed by atoms with Crippen LogP contribution in [-0.2, 0) is 32.7 Å². The third-order valence-electron chi connectivity index (χ3n) is 7.59. The molecule has 3 aromatic rings. The molecule has 2 aromatic heterocycles. The molecule has 7 nitrogen and oxygen atoms in total. The van der Waals surface area contributed by atoms with Crippen molar-refractivity contribution in [3.8, 4) is 0 Å². The van der Waals surface area contributed by atoms with E-state index >= 15 is 0 Å². The summed E-state index contributed by atoms with van der Waals surface area (Å²) in [5, 5.41) is 8.06. The molecule has 202 valence electrons. The van der Waals surface area contributed by atoms with E-state index in [2.05, 4.69) is 40.9 Å². The van der Waals surface area contributed by atoms with Crippen LogP contribution >= 0.6 is 0 Å². The number of amides is 1. The third kappa shape index (κ3) is 5.45. The number of carbonyl (C=O) groups excluding carboxylic acids is 1. The molecule has 10 heteroatoms. The molecule has 1 fully saturated rings. The highest BCUT2D eigenvalue weighted by atomic mass is 19.4. The Morgan fingerprint density at radius 2 is 1.84 bits per heavy atom. The quantitative estimate of drug-likeness (QED) is 0.441. The van der Waals surface area contributed by atoms with Crippen LogP contribution in [0.5, 0.6) is 0 Å². The molecule has 0 radical (unpaired) electrons. The lowest BCUT2D eigenvalue weighted by Crippen LogP contribution is -2.38. The SMILES string of the molecule is C[C@@H]1C[C@H](C)CN(Cc2cc(N3Cc4ccc([C@@H](C)Cc5nncn5C)cc4C3=O)nc(C(F)(F)F)c2)C1. The first-order valence-corrected chi connectivity index (χ1v) is 13.1. The third-order valence-corrected chi connectivity index (χ3v) is 7.59. The van der Waals surface area contributed by atoms with Gasteiger partial charge in [-0.15, -0.1) is 10.2 Å². The number of hydrogen-bond donors (Lipinski definition) is 0. The number of aromatic nitrogens is 4. The Kier molecular flexibility index (Phi) is 7.02. The number of aryl methyl sites for hydroxylation is 1. The van der Waals surface area contributed by atoms with E-state index < -0.39 is 11.9 Å². The van der Waals surface area contributed by atoms with Gasteiger partial charge in [-0.2, -0.15) is 13.2 Å². The molecule has 1 saturated heterocycles. The second-order valence-corrected chi connectivity index (χ2v) is 11.1. The molecular formula is C28H33F3N6O. The topological polar surface area (TPSA) is 67.2 Å². The molecular weight excluding hydrogens is 493 g/mol. The predicted molar refractivity (Wildman–Crippen MR) is 138 cm³/mol. The van der Waals surface area contributed by atoms with Crippen LogP contribution in [0.4, 0.5) is 19.0 Å². The van der Waals surface area contributed by atoms with E-state index in [1.807, 2.05) is 29.8 Å². The van der Waals surface area contributed by atoms with Crippen LogP contribution in [0.3, 0.4) is 0 Å². The number of piperidine rings is 1. The number of anilines is 1. The highest BCUT2D eigenvalue weighted by molar-refractivity contribution is 6.09. The molecule has 0 saturated carbocycles. The molecule has 0 spiro atoms. The van der Waals surface area contributed by atoms with E-state index in [0.29, 0.717) is 35.9 Å². The monoisotopic (exact) mass is 526 g/mol. The van der Waals surface area contributed by atoms with Gasteiger partial charge in [0.2, 0.25) is 0 Å². The standard InChI is InChI=1S/C28H33F3N6O/c1-17-7-18(2)13-36(12-17)14-20-9-24(28(29,30)31)33-25(10-20)37-15-22-6-5-21(11-23(22)27(37)38)19(3)8-26-34-32-16-35(26)4/h5-6,9-11,16-19H,7-8,12-15H2,1-4H3/t17-,18+,19-/m0/s1. The molecule has 2 aliphatic rings. The Hall–Kier alpha value is -3.27. The number of likely N-dealkylation sites (tertiary alicyclic amines) is 1. The molecule has 1 amide bonds. The Morgan fingerprint density at radius 1 is 1.11 bits per heavy atom. The van der Waals surface area contributed by atoms with Crippen molar-refractivity contribution >= 4 is 11.7 Å². The van der Waals surface area contributed by atoms with Gasteiger partial charge in [-0.25, -0.2) is 4.98 Å². The maximum atomic E-state index is 13.8. The van der Waals surface area contributed by atoms with Gasteiger partial charge < -0.3 is 4.57 Å². The lowest BCUT2D eigenvalue weighted by Gasteiger charge is -2.35. The van der Waals surface area contributed by atoms with Crippen molar-refractivity contribution in [2.24, 2.45) is 18.9 Å². The summed E-state index contributed by atoms with van der Waals surface area (Å²) < 4.78 is 43.4. The summed E-state index contributed by atoms with van der Waals surface area (Å²) in [6.45, 7) is 8.66. The highest BCUT2D eigenvalue weighted by Crippen LogP contribution is 2.35. The van der Waals surface area contributed by atoms with Crippen LogP contribution in [0.1, 0.15) is 71.7 Å². The summed E-state index contributed by atoms with van der Waals surface area (Å²) >= 11 is 0. The lowest BCUT2D eigenvalue weighted by atomic mass is 9.91. The fourth-order valence-corrected chi connectivity index (χ4v) is 5.82. The van der Waals surface area contributed by atoms with Gasteiger partial charge in [0.1, 0.15) is 23.7 Å². The van der Waals surface area contributed by atoms with Crippen LogP contribution in [0, 0.1) is 11.8 Å². The zero-order valence-electron chi connectivity index (χ0n) is 22.2. The van der Waals surface area contributed by atoms with Crippen LogP contribution < -0.4 is 4.90 Å². The number of alkyl halides is 3. The first-order valence-electron chi connectivity index (χ1n) is 13.1. The van der Waals surface area contributed by atoms with Crippen LogP contribution in [-0.4, -0.2) is 43.6 Å². The first kappa shape index (κ1) is 26.3. The Bertz CT molecular complexity index is 1330. The normalized spacial score (nSPS) is 21.1. The number of benzene rings is 1. The number of nitrogens with zero attached hydrogens (tertiary/aromatic N) is 6. The van der Waals surface area contributed by atoms with E-state index in [-0.39, 0.29) is 24.2 Å². The van der Waals surface area contributed by atoms with Crippen molar-refractivity contribution < 1.29 is 18.0 Å². The number of carbonyl (C=O) groups is 1. The average Bonchev–Trinajstić information content (AvgIpc) is 3.39. The lowest BCUT2D eigenvalue weighted by molar-refractivity contribution is -0.141. The summed E-state index contributed by atoms with van der Waals surface area (Å²) in [7, 11) is 1.88. The second kappa shape index (κ2) is 10.1. The minimum Gasteiger partial charge on any atom is -0.321 e. The molecule has 3 atom stereocenters. The van der Waals surface area contributed by atoms with E-state index in [4.69, 9.17) is 0 Å². The zero-order valence-corrected chi connectivity index (χ0v) is 22.2. The van der Waals surface area contributed by atoms with Crippen molar-refractivity contribution in [1.29, 1.82) is 0 Å². The zero-order chi connectivity index (χ0) is 27.2. The first-order chi connectivity index (χ1) is 18.0. The minimum atomic E-state index is -4.61. The van der Waals surface area contributed by atoms with Crippen molar-refractivity contribution in [2.75, 3.05) is 18.0 Å². The van der Waals surface area contributed by atoms with Gasteiger partial charge in [0.25, 0.3) is 5.91 Å². The molecule has 0 aliphatic carbocycles. The van der Waals surface area contributed by atoms with E-state index in [0.717, 1.165) is 42.5 Å². The number of hydrogen-bond acceptors (Lipinski definition) is 5. The number of rotatable bonds is 6.